The van der Waals surface area contributed by atoms with Gasteiger partial charge in [0.25, 0.3) is 0 Å². The normalized spacial score (nSPS) is 10.2. The molecule has 1 rings (SSSR count). The van der Waals surface area contributed by atoms with Gasteiger partial charge < -0.3 is 10.3 Å². The van der Waals surface area contributed by atoms with Crippen LogP contribution in [0.1, 0.15) is 18.3 Å². The van der Waals surface area contributed by atoms with E-state index in [4.69, 9.17) is 0 Å². The number of urea groups is 1. The van der Waals surface area contributed by atoms with Crippen LogP contribution in [0.15, 0.2) is 6.33 Å². The van der Waals surface area contributed by atoms with E-state index in [0.29, 0.717) is 0 Å². The average molecular weight is 274 g/mol. The van der Waals surface area contributed by atoms with Gasteiger partial charge in [-0.15, -0.1) is 0 Å². The van der Waals surface area contributed by atoms with Crippen LogP contribution in [0.4, 0.5) is 4.79 Å². The van der Waals surface area contributed by atoms with Crippen LogP contribution in [0.2, 0.25) is 0 Å². The van der Waals surface area contributed by atoms with Crippen molar-refractivity contribution >= 4 is 29.7 Å². The molecule has 3 N–H and O–H groups in total. The van der Waals surface area contributed by atoms with Crippen LogP contribution in [0.5, 0.6) is 0 Å². The van der Waals surface area contributed by atoms with Crippen molar-refractivity contribution in [1.29, 1.82) is 0 Å². The lowest BCUT2D eigenvalue weighted by Crippen LogP contribution is -2.27. The van der Waals surface area contributed by atoms with Crippen molar-refractivity contribution in [2.24, 2.45) is 0 Å². The molecule has 1 aromatic heterocycles. The molecule has 5 nitrogen and oxygen atoms in total. The van der Waals surface area contributed by atoms with Crippen molar-refractivity contribution < 1.29 is 4.79 Å². The highest BCUT2D eigenvalue weighted by Gasteiger charge is 2.03. The molecule has 96 valence electrons. The second-order valence-electron chi connectivity index (χ2n) is 3.26. The summed E-state index contributed by atoms with van der Waals surface area (Å²) in [4.78, 5) is 18.3. The van der Waals surface area contributed by atoms with Crippen LogP contribution in [0.3, 0.4) is 0 Å². The van der Waals surface area contributed by atoms with E-state index in [2.05, 4.69) is 26.9 Å². The van der Waals surface area contributed by atoms with E-state index >= 15 is 0 Å². The van der Waals surface area contributed by atoms with E-state index in [1.807, 2.05) is 11.8 Å². The standard InChI is InChI=1S/C10H18N4OS2/c1-3-8-9(13-7-12-8)6-16-4-5-17-14-10(15)11-2/h7H,3-6H2,1-2H3,(H,12,13)(H2,11,14,15). The molecule has 0 bridgehead atoms. The van der Waals surface area contributed by atoms with Gasteiger partial charge in [0.15, 0.2) is 0 Å². The van der Waals surface area contributed by atoms with Crippen LogP contribution in [0.25, 0.3) is 0 Å². The van der Waals surface area contributed by atoms with Crippen LogP contribution in [-0.4, -0.2) is 34.6 Å². The molecule has 1 aromatic rings. The summed E-state index contributed by atoms with van der Waals surface area (Å²) in [5.41, 5.74) is 2.36. The molecule has 0 aliphatic carbocycles. The molecule has 7 heteroatoms. The highest BCUT2D eigenvalue weighted by atomic mass is 32.2. The highest BCUT2D eigenvalue weighted by molar-refractivity contribution is 8.01. The molecule has 0 saturated carbocycles. The summed E-state index contributed by atoms with van der Waals surface area (Å²) in [5, 5.41) is 2.50. The number of thioether (sulfide) groups is 1. The number of aryl methyl sites for hydroxylation is 1. The predicted molar refractivity (Wildman–Crippen MR) is 74.2 cm³/mol. The molecule has 17 heavy (non-hydrogen) atoms. The largest absolute Gasteiger partial charge is 0.348 e. The number of aromatic amines is 1. The number of rotatable bonds is 7. The van der Waals surface area contributed by atoms with Gasteiger partial charge in [-0.2, -0.15) is 11.8 Å². The second-order valence-corrected chi connectivity index (χ2v) is 5.27. The van der Waals surface area contributed by atoms with E-state index in [1.165, 1.54) is 17.6 Å². The lowest BCUT2D eigenvalue weighted by Gasteiger charge is -2.03. The molecule has 0 aliphatic heterocycles. The van der Waals surface area contributed by atoms with Crippen LogP contribution < -0.4 is 10.0 Å². The fourth-order valence-electron chi connectivity index (χ4n) is 1.22. The number of nitrogens with zero attached hydrogens (tertiary/aromatic N) is 1. The minimum absolute atomic E-state index is 0.151. The average Bonchev–Trinajstić information content (AvgIpc) is 2.80. The Kier molecular flexibility index (Phi) is 6.95. The van der Waals surface area contributed by atoms with Gasteiger partial charge in [0.05, 0.1) is 12.0 Å². The number of carbonyl (C=O) groups is 1. The Labute approximate surface area is 110 Å². The van der Waals surface area contributed by atoms with Crippen molar-refractivity contribution in [3.63, 3.8) is 0 Å². The molecule has 2 amide bonds. The molecule has 0 atom stereocenters. The fraction of sp³-hybridized carbons (Fsp3) is 0.600. The number of hydrogen-bond donors (Lipinski definition) is 3. The van der Waals surface area contributed by atoms with Gasteiger partial charge in [-0.3, -0.25) is 4.72 Å². The minimum atomic E-state index is -0.151. The van der Waals surface area contributed by atoms with Gasteiger partial charge in [-0.25, -0.2) is 9.78 Å². The quantitative estimate of drug-likeness (QED) is 0.523. The number of hydrogen-bond acceptors (Lipinski definition) is 4. The number of carbonyl (C=O) groups excluding carboxylic acids is 1. The summed E-state index contributed by atoms with van der Waals surface area (Å²) in [6.45, 7) is 2.10. The highest BCUT2D eigenvalue weighted by Crippen LogP contribution is 2.14. The molecule has 0 aliphatic rings. The Hall–Kier alpha value is -0.820. The lowest BCUT2D eigenvalue weighted by molar-refractivity contribution is 0.248. The zero-order chi connectivity index (χ0) is 12.5. The first kappa shape index (κ1) is 14.2. The molecular formula is C10H18N4OS2. The molecule has 0 radical (unpaired) electrons. The molecule has 0 saturated heterocycles. The maximum absolute atomic E-state index is 10.9. The van der Waals surface area contributed by atoms with Crippen LogP contribution in [0, 0.1) is 0 Å². The van der Waals surface area contributed by atoms with Gasteiger partial charge in [-0.1, -0.05) is 6.92 Å². The van der Waals surface area contributed by atoms with E-state index in [9.17, 15) is 4.79 Å². The van der Waals surface area contributed by atoms with Gasteiger partial charge in [-0.05, 0) is 18.4 Å². The minimum Gasteiger partial charge on any atom is -0.348 e. The van der Waals surface area contributed by atoms with Crippen molar-refractivity contribution in [2.45, 2.75) is 19.1 Å². The van der Waals surface area contributed by atoms with Crippen LogP contribution in [-0.2, 0) is 12.2 Å². The van der Waals surface area contributed by atoms with Crippen molar-refractivity contribution in [2.75, 3.05) is 18.6 Å². The smallest absolute Gasteiger partial charge is 0.324 e. The van der Waals surface area contributed by atoms with Crippen molar-refractivity contribution in [1.82, 2.24) is 20.0 Å². The third-order valence-corrected chi connectivity index (χ3v) is 4.09. The van der Waals surface area contributed by atoms with E-state index in [-0.39, 0.29) is 6.03 Å². The topological polar surface area (TPSA) is 69.8 Å². The molecular weight excluding hydrogens is 256 g/mol. The van der Waals surface area contributed by atoms with E-state index < -0.39 is 0 Å². The zero-order valence-electron chi connectivity index (χ0n) is 10.1. The van der Waals surface area contributed by atoms with E-state index in [0.717, 1.165) is 29.4 Å². The second kappa shape index (κ2) is 8.30. The number of aromatic nitrogens is 2. The van der Waals surface area contributed by atoms with Gasteiger partial charge in [0, 0.05) is 30.0 Å². The van der Waals surface area contributed by atoms with Gasteiger partial charge in [0.1, 0.15) is 0 Å². The Balaban J connectivity index is 2.06. The lowest BCUT2D eigenvalue weighted by atomic mass is 10.3. The zero-order valence-corrected chi connectivity index (χ0v) is 11.7. The first-order valence-corrected chi connectivity index (χ1v) is 7.60. The molecule has 0 unspecified atom stereocenters. The third-order valence-electron chi connectivity index (χ3n) is 2.11. The summed E-state index contributed by atoms with van der Waals surface area (Å²) >= 11 is 3.26. The maximum Gasteiger partial charge on any atom is 0.324 e. The Morgan fingerprint density at radius 3 is 3.06 bits per heavy atom. The number of amides is 2. The third kappa shape index (κ3) is 5.36. The SMILES string of the molecule is CCc1nc[nH]c1CSCCSNC(=O)NC. The Bertz CT molecular complexity index is 343. The number of nitrogens with one attached hydrogen (secondary N) is 3. The monoisotopic (exact) mass is 274 g/mol. The van der Waals surface area contributed by atoms with Gasteiger partial charge >= 0.3 is 6.03 Å². The summed E-state index contributed by atoms with van der Waals surface area (Å²) in [7, 11) is 1.61. The first-order chi connectivity index (χ1) is 8.27. The molecule has 0 aromatic carbocycles. The summed E-state index contributed by atoms with van der Waals surface area (Å²) < 4.78 is 2.68. The summed E-state index contributed by atoms with van der Waals surface area (Å²) in [6, 6.07) is -0.151. The first-order valence-electron chi connectivity index (χ1n) is 5.46. The van der Waals surface area contributed by atoms with Gasteiger partial charge in [0.2, 0.25) is 0 Å². The van der Waals surface area contributed by atoms with Crippen molar-refractivity contribution in [3.05, 3.63) is 17.7 Å². The molecule has 1 heterocycles. The summed E-state index contributed by atoms with van der Waals surface area (Å²) in [6.07, 6.45) is 2.71. The number of imidazole rings is 1. The maximum atomic E-state index is 10.9. The molecule has 0 spiro atoms. The van der Waals surface area contributed by atoms with E-state index in [1.54, 1.807) is 13.4 Å². The number of H-pyrrole nitrogens is 1. The van der Waals surface area contributed by atoms with Crippen LogP contribution >= 0.6 is 23.7 Å². The fourth-order valence-corrected chi connectivity index (χ4v) is 2.96. The van der Waals surface area contributed by atoms with Crippen molar-refractivity contribution in [3.8, 4) is 0 Å². The molecule has 0 fully saturated rings. The Morgan fingerprint density at radius 1 is 1.53 bits per heavy atom. The predicted octanol–water partition coefficient (Wildman–Crippen LogP) is 1.78. The Morgan fingerprint density at radius 2 is 2.35 bits per heavy atom. The summed E-state index contributed by atoms with van der Waals surface area (Å²) in [5.74, 6) is 2.84.